The molecule has 1 heterocycles. The highest BCUT2D eigenvalue weighted by molar-refractivity contribution is 6.30. The van der Waals surface area contributed by atoms with E-state index in [9.17, 15) is 0 Å². The predicted octanol–water partition coefficient (Wildman–Crippen LogP) is 4.83. The van der Waals surface area contributed by atoms with Crippen LogP contribution in [-0.4, -0.2) is 16.3 Å². The summed E-state index contributed by atoms with van der Waals surface area (Å²) in [6, 6.07) is 17.8. The summed E-state index contributed by atoms with van der Waals surface area (Å²) in [5.74, 6) is 0.855. The van der Waals surface area contributed by atoms with E-state index >= 15 is 0 Å². The monoisotopic (exact) mass is 314 g/mol. The van der Waals surface area contributed by atoms with Crippen LogP contribution in [0.2, 0.25) is 5.02 Å². The third-order valence-electron chi connectivity index (χ3n) is 3.61. The number of rotatable bonds is 2. The van der Waals surface area contributed by atoms with Gasteiger partial charge in [-0.2, -0.15) is 0 Å². The van der Waals surface area contributed by atoms with E-state index in [1.807, 2.05) is 54.6 Å². The minimum absolute atomic E-state index is 0.129. The number of benzene rings is 2. The van der Waals surface area contributed by atoms with Crippen LogP contribution in [0.3, 0.4) is 0 Å². The molecule has 0 N–H and O–H groups in total. The molecule has 0 saturated carbocycles. The van der Waals surface area contributed by atoms with Crippen molar-refractivity contribution < 1.29 is 4.84 Å². The minimum atomic E-state index is -0.243. The van der Waals surface area contributed by atoms with Crippen LogP contribution in [0.5, 0.6) is 0 Å². The zero-order chi connectivity index (χ0) is 15.7. The quantitative estimate of drug-likeness (QED) is 0.793. The Labute approximate surface area is 136 Å². The summed E-state index contributed by atoms with van der Waals surface area (Å²) in [7, 11) is 0. The summed E-state index contributed by atoms with van der Waals surface area (Å²) in [5.41, 5.74) is 1.96. The molecule has 1 unspecified atom stereocenters. The average molecular weight is 315 g/mol. The van der Waals surface area contributed by atoms with Crippen molar-refractivity contribution in [3.05, 3.63) is 70.7 Å². The molecule has 3 rings (SSSR count). The Morgan fingerprint density at radius 3 is 2.23 bits per heavy atom. The highest BCUT2D eigenvalue weighted by Gasteiger charge is 2.39. The summed E-state index contributed by atoms with van der Waals surface area (Å²) >= 11 is 5.99. The standard InChI is InChI=1S/C18H19ClN2O/c1-18(2,3)21-16(13-7-5-4-6-8-13)20-22-17(21)14-9-11-15(19)12-10-14/h4-12,17H,1-3H3. The lowest BCUT2D eigenvalue weighted by Gasteiger charge is -2.37. The molecule has 0 saturated heterocycles. The van der Waals surface area contributed by atoms with Crippen molar-refractivity contribution in [2.24, 2.45) is 5.16 Å². The Morgan fingerprint density at radius 2 is 1.64 bits per heavy atom. The smallest absolute Gasteiger partial charge is 0.227 e. The Hall–Kier alpha value is -2.00. The van der Waals surface area contributed by atoms with Crippen LogP contribution in [0.15, 0.2) is 59.8 Å². The number of nitrogens with zero attached hydrogens (tertiary/aromatic N) is 2. The van der Waals surface area contributed by atoms with E-state index in [2.05, 4.69) is 30.8 Å². The highest BCUT2D eigenvalue weighted by Crippen LogP contribution is 2.36. The molecule has 0 amide bonds. The normalized spacial score (nSPS) is 18.1. The molecule has 3 nitrogen and oxygen atoms in total. The van der Waals surface area contributed by atoms with Crippen molar-refractivity contribution in [1.82, 2.24) is 4.90 Å². The lowest BCUT2D eigenvalue weighted by molar-refractivity contribution is -0.0238. The molecular weight excluding hydrogens is 296 g/mol. The number of oxime groups is 1. The topological polar surface area (TPSA) is 24.8 Å². The molecule has 22 heavy (non-hydrogen) atoms. The second-order valence-electron chi connectivity index (χ2n) is 6.33. The van der Waals surface area contributed by atoms with Gasteiger partial charge in [0.2, 0.25) is 6.23 Å². The van der Waals surface area contributed by atoms with Gasteiger partial charge in [0.25, 0.3) is 0 Å². The molecule has 2 aromatic carbocycles. The second kappa shape index (κ2) is 5.65. The van der Waals surface area contributed by atoms with Gasteiger partial charge < -0.3 is 9.74 Å². The van der Waals surface area contributed by atoms with Gasteiger partial charge in [0.05, 0.1) is 0 Å². The maximum absolute atomic E-state index is 5.99. The molecule has 1 aliphatic rings. The SMILES string of the molecule is CC(C)(C)N1C(c2ccccc2)=NOC1c1ccc(Cl)cc1. The fourth-order valence-electron chi connectivity index (χ4n) is 2.59. The molecule has 0 aliphatic carbocycles. The molecule has 4 heteroatoms. The Kier molecular flexibility index (Phi) is 3.83. The third kappa shape index (κ3) is 2.81. The van der Waals surface area contributed by atoms with Crippen LogP contribution in [0.4, 0.5) is 0 Å². The van der Waals surface area contributed by atoms with Crippen LogP contribution in [0.1, 0.15) is 38.1 Å². The summed E-state index contributed by atoms with van der Waals surface area (Å²) in [6.07, 6.45) is -0.243. The van der Waals surface area contributed by atoms with Crippen molar-refractivity contribution >= 4 is 17.4 Å². The van der Waals surface area contributed by atoms with Gasteiger partial charge in [0, 0.05) is 21.7 Å². The average Bonchev–Trinajstić information content (AvgIpc) is 2.94. The fourth-order valence-corrected chi connectivity index (χ4v) is 2.71. The minimum Gasteiger partial charge on any atom is -0.363 e. The molecule has 1 aliphatic heterocycles. The predicted molar refractivity (Wildman–Crippen MR) is 89.8 cm³/mol. The van der Waals surface area contributed by atoms with E-state index in [4.69, 9.17) is 16.4 Å². The maximum atomic E-state index is 5.99. The van der Waals surface area contributed by atoms with Gasteiger partial charge in [-0.1, -0.05) is 59.2 Å². The van der Waals surface area contributed by atoms with Gasteiger partial charge >= 0.3 is 0 Å². The van der Waals surface area contributed by atoms with Crippen molar-refractivity contribution in [2.75, 3.05) is 0 Å². The van der Waals surface area contributed by atoms with Crippen LogP contribution >= 0.6 is 11.6 Å². The zero-order valence-corrected chi connectivity index (χ0v) is 13.7. The van der Waals surface area contributed by atoms with Crippen molar-refractivity contribution in [3.8, 4) is 0 Å². The van der Waals surface area contributed by atoms with Crippen molar-refractivity contribution in [2.45, 2.75) is 32.5 Å². The Balaban J connectivity index is 1.99. The van der Waals surface area contributed by atoms with Crippen LogP contribution in [0.25, 0.3) is 0 Å². The van der Waals surface area contributed by atoms with Gasteiger partial charge in [0.1, 0.15) is 0 Å². The number of halogens is 1. The van der Waals surface area contributed by atoms with Gasteiger partial charge in [-0.15, -0.1) is 0 Å². The lowest BCUT2D eigenvalue weighted by atomic mass is 10.0. The van der Waals surface area contributed by atoms with Crippen molar-refractivity contribution in [3.63, 3.8) is 0 Å². The Morgan fingerprint density at radius 1 is 1.00 bits per heavy atom. The molecule has 2 aromatic rings. The van der Waals surface area contributed by atoms with Gasteiger partial charge in [-0.3, -0.25) is 0 Å². The molecule has 0 spiro atoms. The van der Waals surface area contributed by atoms with Crippen LogP contribution in [0, 0.1) is 0 Å². The van der Waals surface area contributed by atoms with Crippen LogP contribution < -0.4 is 0 Å². The number of hydrogen-bond donors (Lipinski definition) is 0. The van der Waals surface area contributed by atoms with E-state index in [1.165, 1.54) is 0 Å². The first-order valence-electron chi connectivity index (χ1n) is 7.31. The first-order valence-corrected chi connectivity index (χ1v) is 7.68. The van der Waals surface area contributed by atoms with E-state index in [1.54, 1.807) is 0 Å². The first kappa shape index (κ1) is 14.9. The summed E-state index contributed by atoms with van der Waals surface area (Å²) in [6.45, 7) is 6.47. The van der Waals surface area contributed by atoms with E-state index in [0.717, 1.165) is 17.0 Å². The highest BCUT2D eigenvalue weighted by atomic mass is 35.5. The second-order valence-corrected chi connectivity index (χ2v) is 6.77. The third-order valence-corrected chi connectivity index (χ3v) is 3.86. The van der Waals surface area contributed by atoms with E-state index in [0.29, 0.717) is 5.02 Å². The number of hydrogen-bond acceptors (Lipinski definition) is 3. The largest absolute Gasteiger partial charge is 0.363 e. The molecule has 114 valence electrons. The fraction of sp³-hybridized carbons (Fsp3) is 0.278. The zero-order valence-electron chi connectivity index (χ0n) is 13.0. The summed E-state index contributed by atoms with van der Waals surface area (Å²) in [4.78, 5) is 7.96. The first-order chi connectivity index (χ1) is 10.5. The molecule has 0 fully saturated rings. The molecule has 0 bridgehead atoms. The lowest BCUT2D eigenvalue weighted by Crippen LogP contribution is -2.45. The summed E-state index contributed by atoms with van der Waals surface area (Å²) < 4.78 is 0. The maximum Gasteiger partial charge on any atom is 0.227 e. The molecule has 1 atom stereocenters. The number of amidine groups is 1. The molecule has 0 radical (unpaired) electrons. The van der Waals surface area contributed by atoms with E-state index < -0.39 is 0 Å². The molecular formula is C18H19ClN2O. The van der Waals surface area contributed by atoms with Gasteiger partial charge in [-0.05, 0) is 32.9 Å². The van der Waals surface area contributed by atoms with Crippen molar-refractivity contribution in [1.29, 1.82) is 0 Å². The van der Waals surface area contributed by atoms with Gasteiger partial charge in [0.15, 0.2) is 5.84 Å². The summed E-state index contributed by atoms with van der Waals surface area (Å²) in [5, 5.41) is 5.06. The van der Waals surface area contributed by atoms with E-state index in [-0.39, 0.29) is 11.8 Å². The van der Waals surface area contributed by atoms with Crippen LogP contribution in [-0.2, 0) is 4.84 Å². The van der Waals surface area contributed by atoms with Gasteiger partial charge in [-0.25, -0.2) is 0 Å². The Bertz CT molecular complexity index is 674. The molecule has 0 aromatic heterocycles.